The molecule has 3 rings (SSSR count). The van der Waals surface area contributed by atoms with Gasteiger partial charge >= 0.3 is 0 Å². The summed E-state index contributed by atoms with van der Waals surface area (Å²) in [5, 5.41) is 7.42. The van der Waals surface area contributed by atoms with Crippen LogP contribution >= 0.6 is 0 Å². The van der Waals surface area contributed by atoms with Crippen LogP contribution in [0.25, 0.3) is 0 Å². The lowest BCUT2D eigenvalue weighted by molar-refractivity contribution is -0.130. The van der Waals surface area contributed by atoms with E-state index >= 15 is 0 Å². The first-order valence-corrected chi connectivity index (χ1v) is 8.70. The van der Waals surface area contributed by atoms with Crippen molar-refractivity contribution in [1.82, 2.24) is 15.0 Å². The van der Waals surface area contributed by atoms with Gasteiger partial charge in [0, 0.05) is 24.7 Å². The Bertz CT molecular complexity index is 706. The Hall–Kier alpha value is -2.57. The molecule has 3 heterocycles. The van der Waals surface area contributed by atoms with Gasteiger partial charge in [-0.25, -0.2) is 4.98 Å². The summed E-state index contributed by atoms with van der Waals surface area (Å²) in [5.74, 6) is 1.39. The average molecular weight is 343 g/mol. The molecule has 7 heteroatoms. The summed E-state index contributed by atoms with van der Waals surface area (Å²) in [4.78, 5) is 18.7. The van der Waals surface area contributed by atoms with E-state index in [1.54, 1.807) is 12.3 Å². The Balaban J connectivity index is 1.55. The number of nitrogens with two attached hydrogens (primary N) is 1. The molecule has 0 aromatic carbocycles. The first-order valence-electron chi connectivity index (χ1n) is 8.70. The molecular weight excluding hydrogens is 318 g/mol. The SMILES string of the molecule is Cc1noc(C)c1CC(=O)N1CCC[C@@H](Nc2ccc(N)nc2)CC1. The average Bonchev–Trinajstić information content (AvgIpc) is 2.79. The number of carbonyl (C=O) groups excluding carboxylic acids is 1. The third kappa shape index (κ3) is 4.29. The van der Waals surface area contributed by atoms with E-state index in [1.807, 2.05) is 24.8 Å². The zero-order chi connectivity index (χ0) is 17.8. The Morgan fingerprint density at radius 2 is 2.20 bits per heavy atom. The molecule has 0 aliphatic carbocycles. The predicted octanol–water partition coefficient (Wildman–Crippen LogP) is 2.30. The van der Waals surface area contributed by atoms with E-state index in [0.29, 0.717) is 18.3 Å². The highest BCUT2D eigenvalue weighted by atomic mass is 16.5. The number of aromatic nitrogens is 2. The van der Waals surface area contributed by atoms with Gasteiger partial charge in [-0.1, -0.05) is 5.16 Å². The third-order valence-electron chi connectivity index (χ3n) is 4.75. The van der Waals surface area contributed by atoms with Crippen LogP contribution in [0.15, 0.2) is 22.9 Å². The number of pyridine rings is 1. The molecule has 1 fully saturated rings. The Morgan fingerprint density at radius 3 is 2.88 bits per heavy atom. The number of carbonyl (C=O) groups is 1. The van der Waals surface area contributed by atoms with Crippen LogP contribution in [0.3, 0.4) is 0 Å². The van der Waals surface area contributed by atoms with Crippen LogP contribution in [0.2, 0.25) is 0 Å². The van der Waals surface area contributed by atoms with Gasteiger partial charge in [0.15, 0.2) is 0 Å². The van der Waals surface area contributed by atoms with Crippen LogP contribution < -0.4 is 11.1 Å². The number of hydrogen-bond acceptors (Lipinski definition) is 6. The fraction of sp³-hybridized carbons (Fsp3) is 0.500. The van der Waals surface area contributed by atoms with Crippen molar-refractivity contribution in [2.45, 2.75) is 45.6 Å². The minimum atomic E-state index is 0.143. The van der Waals surface area contributed by atoms with Gasteiger partial charge < -0.3 is 20.5 Å². The van der Waals surface area contributed by atoms with Crippen LogP contribution in [-0.2, 0) is 11.2 Å². The van der Waals surface area contributed by atoms with Crippen molar-refractivity contribution in [2.75, 3.05) is 24.1 Å². The lowest BCUT2D eigenvalue weighted by Gasteiger charge is -2.21. The molecule has 2 aromatic heterocycles. The Labute approximate surface area is 147 Å². The van der Waals surface area contributed by atoms with Crippen molar-refractivity contribution in [3.8, 4) is 0 Å². The highest BCUT2D eigenvalue weighted by Gasteiger charge is 2.22. The van der Waals surface area contributed by atoms with Gasteiger partial charge in [0.1, 0.15) is 11.6 Å². The second-order valence-electron chi connectivity index (χ2n) is 6.60. The lowest BCUT2D eigenvalue weighted by Crippen LogP contribution is -2.34. The van der Waals surface area contributed by atoms with E-state index in [2.05, 4.69) is 15.5 Å². The number of nitrogens with zero attached hydrogens (tertiary/aromatic N) is 3. The first-order chi connectivity index (χ1) is 12.0. The molecule has 1 saturated heterocycles. The molecule has 0 spiro atoms. The van der Waals surface area contributed by atoms with Gasteiger partial charge in [0.25, 0.3) is 0 Å². The molecular formula is C18H25N5O2. The largest absolute Gasteiger partial charge is 0.384 e. The highest BCUT2D eigenvalue weighted by Crippen LogP contribution is 2.19. The molecule has 0 unspecified atom stereocenters. The number of amides is 1. The molecule has 0 bridgehead atoms. The molecule has 25 heavy (non-hydrogen) atoms. The fourth-order valence-electron chi connectivity index (χ4n) is 3.23. The van der Waals surface area contributed by atoms with E-state index in [1.165, 1.54) is 0 Å². The molecule has 3 N–H and O–H groups in total. The maximum Gasteiger partial charge on any atom is 0.227 e. The minimum absolute atomic E-state index is 0.143. The van der Waals surface area contributed by atoms with Gasteiger partial charge in [0.05, 0.1) is 24.0 Å². The second kappa shape index (κ2) is 7.55. The number of nitrogen functional groups attached to an aromatic ring is 1. The predicted molar refractivity (Wildman–Crippen MR) is 96.2 cm³/mol. The zero-order valence-electron chi connectivity index (χ0n) is 14.8. The van der Waals surface area contributed by atoms with Crippen LogP contribution in [0.4, 0.5) is 11.5 Å². The van der Waals surface area contributed by atoms with Crippen molar-refractivity contribution >= 4 is 17.4 Å². The molecule has 1 aliphatic rings. The Kier molecular flexibility index (Phi) is 5.21. The van der Waals surface area contributed by atoms with Crippen LogP contribution in [0.1, 0.15) is 36.3 Å². The van der Waals surface area contributed by atoms with E-state index in [0.717, 1.165) is 55.1 Å². The van der Waals surface area contributed by atoms with Gasteiger partial charge in [-0.05, 0) is 45.2 Å². The summed E-state index contributed by atoms with van der Waals surface area (Å²) < 4.78 is 5.15. The fourth-order valence-corrected chi connectivity index (χ4v) is 3.23. The molecule has 1 aliphatic heterocycles. The normalized spacial score (nSPS) is 18.0. The first kappa shape index (κ1) is 17.3. The molecule has 7 nitrogen and oxygen atoms in total. The van der Waals surface area contributed by atoms with E-state index in [4.69, 9.17) is 10.3 Å². The topological polar surface area (TPSA) is 97.3 Å². The summed E-state index contributed by atoms with van der Waals surface area (Å²) in [5.41, 5.74) is 8.30. The number of rotatable bonds is 4. The van der Waals surface area contributed by atoms with Crippen molar-refractivity contribution in [3.05, 3.63) is 35.3 Å². The van der Waals surface area contributed by atoms with E-state index in [9.17, 15) is 4.79 Å². The van der Waals surface area contributed by atoms with Gasteiger partial charge in [-0.15, -0.1) is 0 Å². The molecule has 2 aromatic rings. The molecule has 1 amide bonds. The Morgan fingerprint density at radius 1 is 1.36 bits per heavy atom. The summed E-state index contributed by atoms with van der Waals surface area (Å²) in [6.07, 6.45) is 5.03. The molecule has 0 saturated carbocycles. The van der Waals surface area contributed by atoms with Crippen molar-refractivity contribution in [2.24, 2.45) is 0 Å². The highest BCUT2D eigenvalue weighted by molar-refractivity contribution is 5.79. The maximum absolute atomic E-state index is 12.6. The van der Waals surface area contributed by atoms with E-state index < -0.39 is 0 Å². The standard InChI is InChI=1S/C18H25N5O2/c1-12-16(13(2)25-22-12)10-18(24)23-8-3-4-14(7-9-23)21-15-5-6-17(19)20-11-15/h5-6,11,14,21H,3-4,7-10H2,1-2H3,(H2,19,20)/t14-/m1/s1. The van der Waals surface area contributed by atoms with Crippen molar-refractivity contribution < 1.29 is 9.32 Å². The monoisotopic (exact) mass is 343 g/mol. The smallest absolute Gasteiger partial charge is 0.227 e. The summed E-state index contributed by atoms with van der Waals surface area (Å²) in [6.45, 7) is 5.27. The maximum atomic E-state index is 12.6. The number of anilines is 2. The zero-order valence-corrected chi connectivity index (χ0v) is 14.8. The van der Waals surface area contributed by atoms with Crippen molar-refractivity contribution in [3.63, 3.8) is 0 Å². The number of hydrogen-bond donors (Lipinski definition) is 2. The van der Waals surface area contributed by atoms with Gasteiger partial charge in [-0.3, -0.25) is 4.79 Å². The van der Waals surface area contributed by atoms with E-state index in [-0.39, 0.29) is 5.91 Å². The third-order valence-corrected chi connectivity index (χ3v) is 4.75. The van der Waals surface area contributed by atoms with Gasteiger partial charge in [-0.2, -0.15) is 0 Å². The summed E-state index contributed by atoms with van der Waals surface area (Å²) >= 11 is 0. The lowest BCUT2D eigenvalue weighted by atomic mass is 10.1. The number of nitrogens with one attached hydrogen (secondary N) is 1. The second-order valence-corrected chi connectivity index (χ2v) is 6.60. The molecule has 1 atom stereocenters. The number of aryl methyl sites for hydroxylation is 2. The van der Waals surface area contributed by atoms with Crippen LogP contribution in [-0.4, -0.2) is 40.1 Å². The molecule has 134 valence electrons. The number of likely N-dealkylation sites (tertiary alicyclic amines) is 1. The van der Waals surface area contributed by atoms with Crippen LogP contribution in [0.5, 0.6) is 0 Å². The molecule has 0 radical (unpaired) electrons. The summed E-state index contributed by atoms with van der Waals surface area (Å²) in [6, 6.07) is 4.06. The quantitative estimate of drug-likeness (QED) is 0.884. The van der Waals surface area contributed by atoms with Crippen molar-refractivity contribution in [1.29, 1.82) is 0 Å². The van der Waals surface area contributed by atoms with Gasteiger partial charge in [0.2, 0.25) is 5.91 Å². The summed E-state index contributed by atoms with van der Waals surface area (Å²) in [7, 11) is 0. The van der Waals surface area contributed by atoms with Crippen LogP contribution in [0, 0.1) is 13.8 Å². The minimum Gasteiger partial charge on any atom is -0.384 e.